The molecule has 90 valence electrons. The molecule has 0 spiro atoms. The first-order chi connectivity index (χ1) is 8.19. The lowest BCUT2D eigenvalue weighted by atomic mass is 9.78. The van der Waals surface area contributed by atoms with E-state index in [0.29, 0.717) is 12.4 Å². The molecule has 0 saturated carbocycles. The Balaban J connectivity index is 2.69. The van der Waals surface area contributed by atoms with Crippen molar-refractivity contribution in [3.05, 3.63) is 60.3 Å². The van der Waals surface area contributed by atoms with Crippen molar-refractivity contribution in [2.45, 2.75) is 12.8 Å². The van der Waals surface area contributed by atoms with E-state index in [4.69, 9.17) is 14.8 Å². The molecule has 0 aromatic heterocycles. The summed E-state index contributed by atoms with van der Waals surface area (Å²) in [5.41, 5.74) is 1.30. The number of allylic oxidation sites excluding steroid dienone is 5. The lowest BCUT2D eigenvalue weighted by Gasteiger charge is -2.12. The molecule has 3 nitrogen and oxygen atoms in total. The summed E-state index contributed by atoms with van der Waals surface area (Å²) >= 11 is 0. The molecular formula is C13H17BO3. The van der Waals surface area contributed by atoms with Gasteiger partial charge in [-0.3, -0.25) is 0 Å². The molecule has 4 heteroatoms. The Morgan fingerprint density at radius 2 is 2.12 bits per heavy atom. The Hall–Kier alpha value is -1.52. The summed E-state index contributed by atoms with van der Waals surface area (Å²) in [6, 6.07) is 0. The molecule has 0 bridgehead atoms. The van der Waals surface area contributed by atoms with Crippen LogP contribution in [0.2, 0.25) is 0 Å². The maximum Gasteiger partial charge on any atom is 0.492 e. The first-order valence-corrected chi connectivity index (χ1v) is 5.52. The summed E-state index contributed by atoms with van der Waals surface area (Å²) in [6.45, 7) is 7.49. The predicted octanol–water partition coefficient (Wildman–Crippen LogP) is 1.92. The summed E-state index contributed by atoms with van der Waals surface area (Å²) < 4.78 is 5.50. The van der Waals surface area contributed by atoms with E-state index in [0.717, 1.165) is 18.4 Å². The highest BCUT2D eigenvalue weighted by atomic mass is 16.5. The van der Waals surface area contributed by atoms with Crippen LogP contribution in [-0.4, -0.2) is 23.8 Å². The van der Waals surface area contributed by atoms with Gasteiger partial charge in [0.25, 0.3) is 0 Å². The molecule has 0 amide bonds. The number of rotatable bonds is 6. The molecule has 0 radical (unpaired) electrons. The summed E-state index contributed by atoms with van der Waals surface area (Å²) in [5, 5.41) is 18.2. The van der Waals surface area contributed by atoms with Gasteiger partial charge >= 0.3 is 7.12 Å². The van der Waals surface area contributed by atoms with Crippen LogP contribution in [0, 0.1) is 0 Å². The van der Waals surface area contributed by atoms with Gasteiger partial charge in [-0.05, 0) is 24.5 Å². The third-order valence-electron chi connectivity index (χ3n) is 2.43. The Bertz CT molecular complexity index is 378. The fourth-order valence-electron chi connectivity index (χ4n) is 1.53. The molecule has 0 saturated heterocycles. The minimum atomic E-state index is -1.60. The van der Waals surface area contributed by atoms with E-state index in [2.05, 4.69) is 25.3 Å². The van der Waals surface area contributed by atoms with Crippen molar-refractivity contribution in [1.29, 1.82) is 0 Å². The lowest BCUT2D eigenvalue weighted by molar-refractivity contribution is 0.252. The van der Waals surface area contributed by atoms with E-state index < -0.39 is 7.12 Å². The summed E-state index contributed by atoms with van der Waals surface area (Å²) in [7, 11) is -1.60. The third kappa shape index (κ3) is 4.09. The van der Waals surface area contributed by atoms with Gasteiger partial charge in [0.1, 0.15) is 12.4 Å². The van der Waals surface area contributed by atoms with Gasteiger partial charge in [0.2, 0.25) is 0 Å². The molecule has 2 N–H and O–H groups in total. The van der Waals surface area contributed by atoms with Crippen molar-refractivity contribution in [3.8, 4) is 0 Å². The van der Waals surface area contributed by atoms with Crippen LogP contribution in [0.4, 0.5) is 0 Å². The highest BCUT2D eigenvalue weighted by molar-refractivity contribution is 6.52. The predicted molar refractivity (Wildman–Crippen MR) is 70.0 cm³/mol. The number of hydrogen-bond donors (Lipinski definition) is 2. The van der Waals surface area contributed by atoms with E-state index in [1.54, 1.807) is 0 Å². The zero-order chi connectivity index (χ0) is 12.7. The van der Waals surface area contributed by atoms with Crippen LogP contribution in [0.25, 0.3) is 0 Å². The monoisotopic (exact) mass is 232 g/mol. The molecule has 17 heavy (non-hydrogen) atoms. The van der Waals surface area contributed by atoms with Crippen LogP contribution >= 0.6 is 0 Å². The Morgan fingerprint density at radius 3 is 2.59 bits per heavy atom. The first-order valence-electron chi connectivity index (χ1n) is 5.52. The second-order valence-corrected chi connectivity index (χ2v) is 3.65. The van der Waals surface area contributed by atoms with Crippen LogP contribution in [0.5, 0.6) is 0 Å². The van der Waals surface area contributed by atoms with E-state index in [-0.39, 0.29) is 5.47 Å². The van der Waals surface area contributed by atoms with Crippen molar-refractivity contribution in [1.82, 2.24) is 0 Å². The number of ether oxygens (including phenoxy) is 1. The fraction of sp³-hybridized carbons (Fsp3) is 0.231. The second kappa shape index (κ2) is 6.94. The minimum absolute atomic E-state index is 0.223. The molecule has 0 atom stereocenters. The molecule has 0 unspecified atom stereocenters. The summed E-state index contributed by atoms with van der Waals surface area (Å²) in [4.78, 5) is 0. The van der Waals surface area contributed by atoms with Gasteiger partial charge in [-0.25, -0.2) is 0 Å². The van der Waals surface area contributed by atoms with Crippen LogP contribution < -0.4 is 0 Å². The highest BCUT2D eigenvalue weighted by Crippen LogP contribution is 2.15. The van der Waals surface area contributed by atoms with Crippen molar-refractivity contribution in [2.24, 2.45) is 0 Å². The maximum atomic E-state index is 9.12. The smallest absolute Gasteiger partial charge is 0.489 e. The summed E-state index contributed by atoms with van der Waals surface area (Å²) in [5.74, 6) is 0.342. The highest BCUT2D eigenvalue weighted by Gasteiger charge is 2.16. The van der Waals surface area contributed by atoms with Gasteiger partial charge in [0.05, 0.1) is 0 Å². The topological polar surface area (TPSA) is 49.7 Å². The van der Waals surface area contributed by atoms with Gasteiger partial charge in [0.15, 0.2) is 0 Å². The average molecular weight is 232 g/mol. The number of hydrogen-bond acceptors (Lipinski definition) is 3. The van der Waals surface area contributed by atoms with Crippen LogP contribution in [0.3, 0.4) is 0 Å². The van der Waals surface area contributed by atoms with E-state index in [1.165, 1.54) is 12.2 Å². The fourth-order valence-corrected chi connectivity index (χ4v) is 1.53. The van der Waals surface area contributed by atoms with E-state index >= 15 is 0 Å². The second-order valence-electron chi connectivity index (χ2n) is 3.65. The lowest BCUT2D eigenvalue weighted by Crippen LogP contribution is -2.17. The van der Waals surface area contributed by atoms with Crippen LogP contribution in [0.1, 0.15) is 12.8 Å². The molecule has 1 aliphatic rings. The molecule has 0 aromatic rings. The zero-order valence-electron chi connectivity index (χ0n) is 9.80. The zero-order valence-corrected chi connectivity index (χ0v) is 9.80. The van der Waals surface area contributed by atoms with Gasteiger partial charge < -0.3 is 14.8 Å². The molecule has 1 rings (SSSR count). The van der Waals surface area contributed by atoms with Crippen molar-refractivity contribution < 1.29 is 14.8 Å². The normalized spacial score (nSPS) is 15.8. The van der Waals surface area contributed by atoms with Gasteiger partial charge in [0, 0.05) is 5.47 Å². The first kappa shape index (κ1) is 13.5. The molecule has 0 fully saturated rings. The standard InChI is InChI=1S/C13H17BO3/c1-3-12(14(15)16)13(4-2)17-10-11-8-6-5-7-9-11/h3-4,6,8-9,15-16H,1-2,5,7,10H2/b13-12-. The minimum Gasteiger partial charge on any atom is -0.489 e. The van der Waals surface area contributed by atoms with Crippen LogP contribution in [-0.2, 0) is 4.74 Å². The Kier molecular flexibility index (Phi) is 5.53. The van der Waals surface area contributed by atoms with E-state index in [9.17, 15) is 0 Å². The van der Waals surface area contributed by atoms with Crippen molar-refractivity contribution in [3.63, 3.8) is 0 Å². The maximum absolute atomic E-state index is 9.12. The van der Waals surface area contributed by atoms with Crippen LogP contribution in [0.15, 0.2) is 60.3 Å². The Labute approximate surface area is 102 Å². The summed E-state index contributed by atoms with van der Waals surface area (Å²) in [6.07, 6.45) is 11.1. The van der Waals surface area contributed by atoms with Gasteiger partial charge in [-0.15, -0.1) is 0 Å². The van der Waals surface area contributed by atoms with Gasteiger partial charge in [-0.1, -0.05) is 37.5 Å². The van der Waals surface area contributed by atoms with Crippen molar-refractivity contribution >= 4 is 7.12 Å². The molecule has 0 aromatic carbocycles. The van der Waals surface area contributed by atoms with E-state index in [1.807, 2.05) is 6.08 Å². The molecule has 1 aliphatic carbocycles. The average Bonchev–Trinajstić information content (AvgIpc) is 2.35. The molecule has 0 aliphatic heterocycles. The largest absolute Gasteiger partial charge is 0.492 e. The van der Waals surface area contributed by atoms with Gasteiger partial charge in [-0.2, -0.15) is 0 Å². The SMILES string of the molecule is C=C/C(OCC1=CCCC=C1)=C(\C=C)B(O)O. The quantitative estimate of drug-likeness (QED) is 0.418. The third-order valence-corrected chi connectivity index (χ3v) is 2.43. The molecule has 0 heterocycles. The van der Waals surface area contributed by atoms with Crippen molar-refractivity contribution in [2.75, 3.05) is 6.61 Å². The Morgan fingerprint density at radius 1 is 1.35 bits per heavy atom. The molecular weight excluding hydrogens is 215 g/mol.